The fourth-order valence-electron chi connectivity index (χ4n) is 3.58. The molecule has 0 amide bonds. The Morgan fingerprint density at radius 1 is 1.12 bits per heavy atom. The Morgan fingerprint density at radius 3 is 2.09 bits per heavy atom. The number of rotatable bonds is 8. The number of hydrogen-bond acceptors (Lipinski definition) is 5. The molecule has 0 saturated heterocycles. The van der Waals surface area contributed by atoms with Gasteiger partial charge in [-0.25, -0.2) is 4.68 Å². The molecule has 0 aliphatic heterocycles. The van der Waals surface area contributed by atoms with E-state index in [0.717, 1.165) is 23.8 Å². The van der Waals surface area contributed by atoms with E-state index in [4.69, 9.17) is 34.7 Å². The molecule has 0 radical (unpaired) electrons. The van der Waals surface area contributed by atoms with Crippen LogP contribution in [-0.2, 0) is 16.8 Å². The second-order valence-electron chi connectivity index (χ2n) is 8.48. The highest BCUT2D eigenvalue weighted by atomic mass is 35.5. The summed E-state index contributed by atoms with van der Waals surface area (Å²) < 4.78 is 67.6. The van der Waals surface area contributed by atoms with Crippen molar-refractivity contribution in [2.45, 2.75) is 48.1 Å². The molecule has 2 saturated carbocycles. The number of nitrogens with two attached hydrogens (primary N) is 2. The highest BCUT2D eigenvalue weighted by Crippen LogP contribution is 3.02. The predicted molar refractivity (Wildman–Crippen MR) is 114 cm³/mol. The van der Waals surface area contributed by atoms with Crippen molar-refractivity contribution < 1.29 is 24.2 Å². The second kappa shape index (κ2) is 6.50. The molecule has 1 aromatic carbocycles. The van der Waals surface area contributed by atoms with Gasteiger partial charge in [0, 0.05) is 24.2 Å². The minimum atomic E-state index is -10.0. The molecule has 0 spiro atoms. The first kappa shape index (κ1) is 23.6. The third-order valence-electron chi connectivity index (χ3n) is 5.81. The Morgan fingerprint density at radius 2 is 1.69 bits per heavy atom. The zero-order valence-electron chi connectivity index (χ0n) is 16.5. The lowest BCUT2D eigenvalue weighted by Gasteiger charge is -2.40. The van der Waals surface area contributed by atoms with Crippen LogP contribution in [0.2, 0.25) is 10.0 Å². The number of hydrogen-bond donors (Lipinski definition) is 3. The number of halogens is 7. The summed E-state index contributed by atoms with van der Waals surface area (Å²) in [6.07, 6.45) is 3.34. The molecule has 2 fully saturated rings. The van der Waals surface area contributed by atoms with Gasteiger partial charge in [-0.2, -0.15) is 5.10 Å². The monoisotopic (exact) mass is 519 g/mol. The lowest BCUT2D eigenvalue weighted by atomic mass is 9.96. The number of nitrogens with one attached hydrogen (secondary N) is 1. The van der Waals surface area contributed by atoms with Gasteiger partial charge in [-0.05, 0) is 37.8 Å². The zero-order chi connectivity index (χ0) is 23.8. The van der Waals surface area contributed by atoms with Crippen LogP contribution < -0.4 is 16.8 Å². The minimum absolute atomic E-state index is 0.0842. The van der Waals surface area contributed by atoms with E-state index >= 15 is 0 Å². The number of anilines is 1. The molecular formula is C18H20Cl2F5N5OS. The number of aromatic nitrogens is 2. The van der Waals surface area contributed by atoms with E-state index in [-0.39, 0.29) is 36.7 Å². The van der Waals surface area contributed by atoms with Gasteiger partial charge in [-0.3, -0.25) is 0 Å². The fourth-order valence-corrected chi connectivity index (χ4v) is 5.04. The van der Waals surface area contributed by atoms with Gasteiger partial charge in [0.25, 0.3) is 0 Å². The van der Waals surface area contributed by atoms with Crippen molar-refractivity contribution in [2.75, 3.05) is 11.9 Å². The molecule has 0 atom stereocenters. The molecular weight excluding hydrogens is 500 g/mol. The van der Waals surface area contributed by atoms with Gasteiger partial charge in [-0.1, -0.05) is 42.6 Å². The average Bonchev–Trinajstić information content (AvgIpc) is 3.57. The smallest absolute Gasteiger partial charge is 0.310 e. The van der Waals surface area contributed by atoms with Crippen molar-refractivity contribution in [1.82, 2.24) is 9.78 Å². The van der Waals surface area contributed by atoms with Gasteiger partial charge in [0.15, 0.2) is 0 Å². The molecule has 2 aliphatic carbocycles. The average molecular weight is 520 g/mol. The topological polar surface area (TPSA) is 99.0 Å². The van der Waals surface area contributed by atoms with Crippen LogP contribution in [0.4, 0.5) is 25.2 Å². The van der Waals surface area contributed by atoms with Crippen molar-refractivity contribution >= 4 is 45.5 Å². The van der Waals surface area contributed by atoms with E-state index in [0.29, 0.717) is 24.1 Å². The van der Waals surface area contributed by atoms with Gasteiger partial charge >= 0.3 is 10.2 Å². The van der Waals surface area contributed by atoms with Gasteiger partial charge in [0.1, 0.15) is 22.7 Å². The molecule has 0 bridgehead atoms. The summed E-state index contributed by atoms with van der Waals surface area (Å²) in [6.45, 7) is 0.197. The number of benzene rings is 1. The third-order valence-corrected chi connectivity index (χ3v) is 7.51. The van der Waals surface area contributed by atoms with Crippen molar-refractivity contribution in [3.8, 4) is 5.69 Å². The first-order chi connectivity index (χ1) is 14.5. The highest BCUT2D eigenvalue weighted by molar-refractivity contribution is 8.45. The maximum atomic E-state index is 13.3. The van der Waals surface area contributed by atoms with E-state index in [1.54, 1.807) is 0 Å². The molecule has 4 rings (SSSR count). The van der Waals surface area contributed by atoms with E-state index in [1.165, 1.54) is 0 Å². The van der Waals surface area contributed by atoms with Crippen molar-refractivity contribution in [1.29, 1.82) is 0 Å². The molecule has 2 aromatic rings. The normalized spacial score (nSPS) is 20.9. The number of nitrogens with zero attached hydrogens (tertiary/aromatic N) is 2. The quantitative estimate of drug-likeness (QED) is 0.319. The minimum Gasteiger partial charge on any atom is -0.368 e. The van der Waals surface area contributed by atoms with Gasteiger partial charge in [-0.15, -0.1) is 0 Å². The summed E-state index contributed by atoms with van der Waals surface area (Å²) in [5.41, 5.74) is 11.2. The lowest BCUT2D eigenvalue weighted by molar-refractivity contribution is -0.109. The standard InChI is InChI=1S/C18H20Cl2F5N5OS/c19-11-5-10(32(21,22,23,24)25)6-12(20)15(11)30-16(28-8-18(27)3-4-18)14(13(7-26)29-30)17(9-31)1-2-17/h5-6,9,28H,1-4,7-8,26-27H2. The van der Waals surface area contributed by atoms with Crippen molar-refractivity contribution in [2.24, 2.45) is 11.5 Å². The number of carbonyl (C=O) groups excluding carboxylic acids is 1. The Labute approximate surface area is 190 Å². The zero-order valence-corrected chi connectivity index (χ0v) is 18.8. The molecule has 6 nitrogen and oxygen atoms in total. The third kappa shape index (κ3) is 4.18. The van der Waals surface area contributed by atoms with Crippen LogP contribution in [0.3, 0.4) is 0 Å². The van der Waals surface area contributed by atoms with Crippen LogP contribution in [0, 0.1) is 0 Å². The maximum absolute atomic E-state index is 13.3. The molecule has 14 heteroatoms. The van der Waals surface area contributed by atoms with E-state index in [9.17, 15) is 24.2 Å². The Bertz CT molecular complexity index is 1110. The molecule has 178 valence electrons. The highest BCUT2D eigenvalue weighted by Gasteiger charge is 2.65. The predicted octanol–water partition coefficient (Wildman–Crippen LogP) is 5.43. The summed E-state index contributed by atoms with van der Waals surface area (Å²) >= 11 is 12.1. The van der Waals surface area contributed by atoms with E-state index in [2.05, 4.69) is 10.4 Å². The first-order valence-electron chi connectivity index (χ1n) is 9.58. The Balaban J connectivity index is 1.91. The SMILES string of the molecule is NCc1nn(-c2c(Cl)cc(S(F)(F)(F)(F)F)cc2Cl)c(NCC2(N)CC2)c1C1(C=O)CC1. The van der Waals surface area contributed by atoms with Crippen LogP contribution in [0.5, 0.6) is 0 Å². The summed E-state index contributed by atoms with van der Waals surface area (Å²) in [7, 11) is -10.0. The molecule has 2 aliphatic rings. The van der Waals surface area contributed by atoms with Gasteiger partial charge in [0.05, 0.1) is 21.2 Å². The van der Waals surface area contributed by atoms with Crippen LogP contribution >= 0.6 is 33.4 Å². The molecule has 0 unspecified atom stereocenters. The van der Waals surface area contributed by atoms with Crippen molar-refractivity contribution in [3.63, 3.8) is 0 Å². The lowest BCUT2D eigenvalue weighted by Crippen LogP contribution is -2.32. The van der Waals surface area contributed by atoms with Gasteiger partial charge < -0.3 is 21.6 Å². The summed E-state index contributed by atoms with van der Waals surface area (Å²) in [5, 5.41) is 6.06. The van der Waals surface area contributed by atoms with Crippen molar-refractivity contribution in [3.05, 3.63) is 33.4 Å². The van der Waals surface area contributed by atoms with Crippen LogP contribution in [-0.4, -0.2) is 28.2 Å². The van der Waals surface area contributed by atoms with E-state index in [1.807, 2.05) is 0 Å². The molecule has 32 heavy (non-hydrogen) atoms. The van der Waals surface area contributed by atoms with Crippen LogP contribution in [0.1, 0.15) is 36.9 Å². The second-order valence-corrected chi connectivity index (χ2v) is 11.7. The number of carbonyl (C=O) groups is 1. The summed E-state index contributed by atoms with van der Waals surface area (Å²) in [4.78, 5) is 9.63. The maximum Gasteiger partial charge on any atom is 0.310 e. The number of aldehydes is 1. The summed E-state index contributed by atoms with van der Waals surface area (Å²) in [5.74, 6) is 0.246. The summed E-state index contributed by atoms with van der Waals surface area (Å²) in [6, 6.07) is 0.241. The van der Waals surface area contributed by atoms with E-state index < -0.39 is 36.1 Å². The molecule has 1 aromatic heterocycles. The fraction of sp³-hybridized carbons (Fsp3) is 0.444. The first-order valence-corrected chi connectivity index (χ1v) is 12.3. The Kier molecular flexibility index (Phi) is 4.78. The van der Waals surface area contributed by atoms with Crippen LogP contribution in [0.25, 0.3) is 5.69 Å². The molecule has 5 N–H and O–H groups in total. The largest absolute Gasteiger partial charge is 0.368 e. The molecule has 1 heterocycles. The Hall–Kier alpha value is -1.60. The van der Waals surface area contributed by atoms with Gasteiger partial charge in [0.2, 0.25) is 0 Å². The van der Waals surface area contributed by atoms with Crippen LogP contribution in [0.15, 0.2) is 17.0 Å².